The maximum absolute atomic E-state index is 12.2. The van der Waals surface area contributed by atoms with Crippen LogP contribution in [0.4, 0.5) is 0 Å². The molecule has 2 saturated carbocycles. The minimum absolute atomic E-state index is 0.168. The van der Waals surface area contributed by atoms with E-state index < -0.39 is 0 Å². The molecular formula is C15H17IO2. The highest BCUT2D eigenvalue weighted by Crippen LogP contribution is 2.59. The van der Waals surface area contributed by atoms with Gasteiger partial charge in [0, 0.05) is 15.8 Å². The van der Waals surface area contributed by atoms with Crippen molar-refractivity contribution in [2.24, 2.45) is 11.8 Å². The number of halogens is 1. The molecule has 2 unspecified atom stereocenters. The van der Waals surface area contributed by atoms with Crippen molar-refractivity contribution in [1.29, 1.82) is 0 Å². The highest BCUT2D eigenvalue weighted by molar-refractivity contribution is 14.1. The summed E-state index contributed by atoms with van der Waals surface area (Å²) in [6.45, 7) is 2.12. The van der Waals surface area contributed by atoms with Crippen molar-refractivity contribution < 1.29 is 9.53 Å². The van der Waals surface area contributed by atoms with Gasteiger partial charge in [-0.3, -0.25) is 0 Å². The Hall–Kier alpha value is -0.580. The van der Waals surface area contributed by atoms with Crippen LogP contribution in [-0.4, -0.2) is 15.5 Å². The number of carbonyl (C=O) groups is 1. The number of ether oxygens (including phenoxy) is 1. The standard InChI is InChI=1S/C15H17IO2/c1-15(11-8-5-9-12(15)13(11)16)18-14(17)10-6-3-2-4-7-10/h2-4,6-7,11-13H,5,8-9H2,1H3/t11-,12+,13?,15?. The molecule has 3 heteroatoms. The molecule has 0 aromatic heterocycles. The summed E-state index contributed by atoms with van der Waals surface area (Å²) in [5.41, 5.74) is 0.436. The minimum atomic E-state index is -0.225. The van der Waals surface area contributed by atoms with E-state index in [0.29, 0.717) is 21.3 Å². The number of alkyl halides is 1. The summed E-state index contributed by atoms with van der Waals surface area (Å²) in [6, 6.07) is 9.31. The molecule has 18 heavy (non-hydrogen) atoms. The van der Waals surface area contributed by atoms with Gasteiger partial charge in [-0.15, -0.1) is 0 Å². The number of carbonyl (C=O) groups excluding carboxylic acids is 1. The number of benzene rings is 1. The van der Waals surface area contributed by atoms with Crippen LogP contribution in [0.15, 0.2) is 30.3 Å². The van der Waals surface area contributed by atoms with Gasteiger partial charge in [0.1, 0.15) is 5.60 Å². The largest absolute Gasteiger partial charge is 0.455 e. The first-order valence-electron chi connectivity index (χ1n) is 6.55. The minimum Gasteiger partial charge on any atom is -0.455 e. The van der Waals surface area contributed by atoms with Crippen LogP contribution in [0.3, 0.4) is 0 Å². The molecule has 2 bridgehead atoms. The fraction of sp³-hybridized carbons (Fsp3) is 0.533. The van der Waals surface area contributed by atoms with Gasteiger partial charge in [-0.1, -0.05) is 47.2 Å². The van der Waals surface area contributed by atoms with Crippen LogP contribution in [0, 0.1) is 11.8 Å². The molecule has 0 heterocycles. The molecule has 0 spiro atoms. The van der Waals surface area contributed by atoms with E-state index >= 15 is 0 Å². The third kappa shape index (κ3) is 1.78. The number of hydrogen-bond donors (Lipinski definition) is 0. The van der Waals surface area contributed by atoms with Crippen molar-refractivity contribution in [3.63, 3.8) is 0 Å². The van der Waals surface area contributed by atoms with E-state index in [-0.39, 0.29) is 11.6 Å². The van der Waals surface area contributed by atoms with Crippen LogP contribution < -0.4 is 0 Å². The van der Waals surface area contributed by atoms with Crippen molar-refractivity contribution in [2.45, 2.75) is 35.7 Å². The van der Waals surface area contributed by atoms with Gasteiger partial charge in [-0.2, -0.15) is 0 Å². The van der Waals surface area contributed by atoms with E-state index in [9.17, 15) is 4.79 Å². The SMILES string of the molecule is CC1(OC(=O)c2ccccc2)[C@@H]2CCC[C@H]1C2I. The second kappa shape index (κ2) is 4.51. The van der Waals surface area contributed by atoms with Gasteiger partial charge in [0.15, 0.2) is 0 Å². The van der Waals surface area contributed by atoms with Crippen LogP contribution >= 0.6 is 22.6 Å². The van der Waals surface area contributed by atoms with Crippen LogP contribution in [0.2, 0.25) is 0 Å². The van der Waals surface area contributed by atoms with E-state index in [1.165, 1.54) is 19.3 Å². The molecule has 1 aromatic carbocycles. The molecule has 0 saturated heterocycles. The maximum Gasteiger partial charge on any atom is 0.338 e. The fourth-order valence-corrected chi connectivity index (χ4v) is 5.65. The Morgan fingerprint density at radius 3 is 2.44 bits per heavy atom. The molecule has 3 rings (SSSR count). The number of hydrogen-bond acceptors (Lipinski definition) is 2. The number of esters is 1. The molecule has 2 fully saturated rings. The molecule has 4 atom stereocenters. The average Bonchev–Trinajstić information content (AvgIpc) is 2.40. The Morgan fingerprint density at radius 1 is 1.28 bits per heavy atom. The Balaban J connectivity index is 1.76. The lowest BCUT2D eigenvalue weighted by molar-refractivity contribution is -0.157. The Bertz CT molecular complexity index is 445. The van der Waals surface area contributed by atoms with Crippen molar-refractivity contribution >= 4 is 28.6 Å². The van der Waals surface area contributed by atoms with E-state index in [1.807, 2.05) is 30.3 Å². The zero-order valence-electron chi connectivity index (χ0n) is 10.4. The summed E-state index contributed by atoms with van der Waals surface area (Å²) in [4.78, 5) is 12.2. The smallest absolute Gasteiger partial charge is 0.338 e. The second-order valence-corrected chi connectivity index (χ2v) is 6.97. The van der Waals surface area contributed by atoms with Crippen LogP contribution in [0.1, 0.15) is 36.5 Å². The summed E-state index contributed by atoms with van der Waals surface area (Å²) < 4.78 is 6.54. The molecule has 96 valence electrons. The molecule has 2 aliphatic carbocycles. The van der Waals surface area contributed by atoms with Gasteiger partial charge in [0.05, 0.1) is 5.56 Å². The van der Waals surface area contributed by atoms with E-state index in [1.54, 1.807) is 0 Å². The van der Waals surface area contributed by atoms with Crippen LogP contribution in [0.5, 0.6) is 0 Å². The first kappa shape index (κ1) is 12.5. The lowest BCUT2D eigenvalue weighted by Crippen LogP contribution is -2.65. The molecule has 2 aliphatic rings. The Kier molecular flexibility index (Phi) is 3.12. The van der Waals surface area contributed by atoms with Gasteiger partial charge in [0.25, 0.3) is 0 Å². The summed E-state index contributed by atoms with van der Waals surface area (Å²) in [5.74, 6) is 0.923. The third-order valence-electron chi connectivity index (χ3n) is 4.59. The molecular weight excluding hydrogens is 339 g/mol. The predicted octanol–water partition coefficient (Wildman–Crippen LogP) is 3.84. The Morgan fingerprint density at radius 2 is 1.89 bits per heavy atom. The fourth-order valence-electron chi connectivity index (χ4n) is 3.50. The second-order valence-electron chi connectivity index (χ2n) is 5.53. The summed E-state index contributed by atoms with van der Waals surface area (Å²) in [5, 5.41) is 0. The highest BCUT2D eigenvalue weighted by atomic mass is 127. The summed E-state index contributed by atoms with van der Waals surface area (Å²) >= 11 is 2.53. The summed E-state index contributed by atoms with van der Waals surface area (Å²) in [7, 11) is 0. The van der Waals surface area contributed by atoms with Crippen molar-refractivity contribution in [3.05, 3.63) is 35.9 Å². The number of rotatable bonds is 2. The molecule has 0 radical (unpaired) electrons. The predicted molar refractivity (Wildman–Crippen MR) is 78.9 cm³/mol. The summed E-state index contributed by atoms with van der Waals surface area (Å²) in [6.07, 6.45) is 3.68. The number of fused-ring (bicyclic) bond motifs is 2. The molecule has 0 amide bonds. The highest BCUT2D eigenvalue weighted by Gasteiger charge is 2.62. The first-order chi connectivity index (χ1) is 8.63. The Labute approximate surface area is 121 Å². The molecule has 0 N–H and O–H groups in total. The van der Waals surface area contributed by atoms with Crippen molar-refractivity contribution in [1.82, 2.24) is 0 Å². The van der Waals surface area contributed by atoms with Crippen molar-refractivity contribution in [3.8, 4) is 0 Å². The molecule has 2 nitrogen and oxygen atoms in total. The quantitative estimate of drug-likeness (QED) is 0.457. The lowest BCUT2D eigenvalue weighted by Gasteiger charge is -2.60. The van der Waals surface area contributed by atoms with Crippen molar-refractivity contribution in [2.75, 3.05) is 0 Å². The van der Waals surface area contributed by atoms with E-state index in [4.69, 9.17) is 4.74 Å². The monoisotopic (exact) mass is 356 g/mol. The van der Waals surface area contributed by atoms with Gasteiger partial charge < -0.3 is 4.74 Å². The third-order valence-corrected chi connectivity index (χ3v) is 6.33. The topological polar surface area (TPSA) is 26.3 Å². The van der Waals surface area contributed by atoms with Gasteiger partial charge in [-0.25, -0.2) is 4.79 Å². The van der Waals surface area contributed by atoms with Gasteiger partial charge in [0.2, 0.25) is 0 Å². The zero-order valence-corrected chi connectivity index (χ0v) is 12.6. The average molecular weight is 356 g/mol. The van der Waals surface area contributed by atoms with Crippen LogP contribution in [0.25, 0.3) is 0 Å². The lowest BCUT2D eigenvalue weighted by atomic mass is 9.54. The maximum atomic E-state index is 12.2. The van der Waals surface area contributed by atoms with Gasteiger partial charge in [-0.05, 0) is 31.9 Å². The molecule has 0 aliphatic heterocycles. The molecule has 1 aromatic rings. The zero-order chi connectivity index (χ0) is 12.8. The van der Waals surface area contributed by atoms with E-state index in [2.05, 4.69) is 29.5 Å². The van der Waals surface area contributed by atoms with Crippen LogP contribution in [-0.2, 0) is 4.74 Å². The van der Waals surface area contributed by atoms with E-state index in [0.717, 1.165) is 0 Å². The first-order valence-corrected chi connectivity index (χ1v) is 7.80. The van der Waals surface area contributed by atoms with Gasteiger partial charge >= 0.3 is 5.97 Å². The normalized spacial score (nSPS) is 37.8.